The monoisotopic (exact) mass is 245 g/mol. The van der Waals surface area contributed by atoms with E-state index < -0.39 is 5.97 Å². The average molecular weight is 245 g/mol. The molecule has 0 fully saturated rings. The third-order valence-electron chi connectivity index (χ3n) is 2.51. The van der Waals surface area contributed by atoms with Crippen molar-refractivity contribution in [3.05, 3.63) is 35.0 Å². The first-order valence-electron chi connectivity index (χ1n) is 5.78. The molecule has 0 amide bonds. The highest BCUT2D eigenvalue weighted by Gasteiger charge is 2.19. The minimum absolute atomic E-state index is 0.224. The van der Waals surface area contributed by atoms with Gasteiger partial charge < -0.3 is 4.74 Å². The second-order valence-electron chi connectivity index (χ2n) is 4.12. The van der Waals surface area contributed by atoms with Crippen molar-refractivity contribution >= 4 is 5.97 Å². The first kappa shape index (κ1) is 12.3. The van der Waals surface area contributed by atoms with Crippen LogP contribution in [-0.4, -0.2) is 28.0 Å². The van der Waals surface area contributed by atoms with Crippen LogP contribution in [-0.2, 0) is 4.74 Å². The van der Waals surface area contributed by atoms with Crippen molar-refractivity contribution in [3.8, 4) is 11.3 Å². The van der Waals surface area contributed by atoms with Crippen LogP contribution in [0.4, 0.5) is 0 Å². The first-order valence-corrected chi connectivity index (χ1v) is 5.78. The van der Waals surface area contributed by atoms with Gasteiger partial charge in [-0.25, -0.2) is 4.79 Å². The Labute approximate surface area is 105 Å². The number of aromatic nitrogens is 3. The van der Waals surface area contributed by atoms with E-state index in [-0.39, 0.29) is 5.69 Å². The molecule has 0 aliphatic heterocycles. The van der Waals surface area contributed by atoms with Crippen molar-refractivity contribution in [1.82, 2.24) is 15.4 Å². The summed E-state index contributed by atoms with van der Waals surface area (Å²) in [5, 5.41) is 10.4. The number of hydrogen-bond donors (Lipinski definition) is 1. The molecule has 0 aliphatic rings. The van der Waals surface area contributed by atoms with Gasteiger partial charge in [-0.15, -0.1) is 5.10 Å². The molecule has 2 rings (SSSR count). The highest BCUT2D eigenvalue weighted by molar-refractivity contribution is 5.93. The third-order valence-corrected chi connectivity index (χ3v) is 2.51. The fourth-order valence-corrected chi connectivity index (χ4v) is 1.89. The lowest BCUT2D eigenvalue weighted by Crippen LogP contribution is -2.06. The van der Waals surface area contributed by atoms with Crippen LogP contribution in [0.3, 0.4) is 0 Å². The Balaban J connectivity index is 2.45. The average Bonchev–Trinajstić information content (AvgIpc) is 2.76. The van der Waals surface area contributed by atoms with Crippen LogP contribution in [0.25, 0.3) is 11.3 Å². The second kappa shape index (κ2) is 5.00. The molecule has 18 heavy (non-hydrogen) atoms. The Morgan fingerprint density at radius 2 is 1.89 bits per heavy atom. The van der Waals surface area contributed by atoms with Crippen LogP contribution < -0.4 is 0 Å². The topological polar surface area (TPSA) is 67.9 Å². The summed E-state index contributed by atoms with van der Waals surface area (Å²) in [6.45, 7) is 6.08. The van der Waals surface area contributed by atoms with E-state index in [2.05, 4.69) is 21.5 Å². The number of aromatic amines is 1. The molecule has 0 unspecified atom stereocenters. The molecule has 1 aromatic carbocycles. The van der Waals surface area contributed by atoms with Crippen LogP contribution in [0.5, 0.6) is 0 Å². The quantitative estimate of drug-likeness (QED) is 0.842. The number of benzene rings is 1. The second-order valence-corrected chi connectivity index (χ2v) is 4.12. The summed E-state index contributed by atoms with van der Waals surface area (Å²) in [4.78, 5) is 11.7. The minimum atomic E-state index is -0.458. The minimum Gasteiger partial charge on any atom is -0.461 e. The fourth-order valence-electron chi connectivity index (χ4n) is 1.89. The lowest BCUT2D eigenvalue weighted by Gasteiger charge is -2.04. The Morgan fingerprint density at radius 3 is 2.50 bits per heavy atom. The van der Waals surface area contributed by atoms with Gasteiger partial charge in [0.1, 0.15) is 5.69 Å². The number of carbonyl (C=O) groups excluding carboxylic acids is 1. The maximum atomic E-state index is 11.7. The molecule has 0 aliphatic carbocycles. The SMILES string of the molecule is CCOC(=O)c1n[nH]nc1-c1cc(C)cc(C)c1. The van der Waals surface area contributed by atoms with Gasteiger partial charge in [-0.05, 0) is 32.9 Å². The summed E-state index contributed by atoms with van der Waals surface area (Å²) in [7, 11) is 0. The standard InChI is InChI=1S/C13H15N3O2/c1-4-18-13(17)12-11(14-16-15-12)10-6-8(2)5-9(3)7-10/h5-7H,4H2,1-3H3,(H,14,15,16). The van der Waals surface area contributed by atoms with Gasteiger partial charge in [-0.1, -0.05) is 17.2 Å². The van der Waals surface area contributed by atoms with Gasteiger partial charge in [0.2, 0.25) is 0 Å². The molecule has 0 radical (unpaired) electrons. The van der Waals surface area contributed by atoms with Gasteiger partial charge in [0, 0.05) is 5.56 Å². The van der Waals surface area contributed by atoms with Crippen molar-refractivity contribution in [2.24, 2.45) is 0 Å². The molecule has 0 bridgehead atoms. The molecule has 0 saturated heterocycles. The number of aryl methyl sites for hydroxylation is 2. The van der Waals surface area contributed by atoms with E-state index in [1.807, 2.05) is 26.0 Å². The van der Waals surface area contributed by atoms with Gasteiger partial charge in [0.05, 0.1) is 6.61 Å². The number of hydrogen-bond acceptors (Lipinski definition) is 4. The Bertz CT molecular complexity index is 555. The molecule has 94 valence electrons. The Hall–Kier alpha value is -2.17. The van der Waals surface area contributed by atoms with E-state index in [4.69, 9.17) is 4.74 Å². The van der Waals surface area contributed by atoms with E-state index in [0.717, 1.165) is 16.7 Å². The van der Waals surface area contributed by atoms with Gasteiger partial charge in [-0.3, -0.25) is 0 Å². The summed E-state index contributed by atoms with van der Waals surface area (Å²) in [5.74, 6) is -0.458. The maximum Gasteiger partial charge on any atom is 0.361 e. The highest BCUT2D eigenvalue weighted by Crippen LogP contribution is 2.22. The summed E-state index contributed by atoms with van der Waals surface area (Å²) in [6, 6.07) is 5.99. The predicted molar refractivity (Wildman–Crippen MR) is 67.2 cm³/mol. The van der Waals surface area contributed by atoms with Gasteiger partial charge in [0.15, 0.2) is 5.69 Å². The molecule has 1 aromatic heterocycles. The molecular weight excluding hydrogens is 230 g/mol. The van der Waals surface area contributed by atoms with Crippen molar-refractivity contribution in [1.29, 1.82) is 0 Å². The van der Waals surface area contributed by atoms with Gasteiger partial charge >= 0.3 is 5.97 Å². The number of nitrogens with zero attached hydrogens (tertiary/aromatic N) is 2. The van der Waals surface area contributed by atoms with Crippen LogP contribution in [0, 0.1) is 13.8 Å². The van der Waals surface area contributed by atoms with E-state index >= 15 is 0 Å². The van der Waals surface area contributed by atoms with E-state index in [1.165, 1.54) is 0 Å². The van der Waals surface area contributed by atoms with Crippen LogP contribution >= 0.6 is 0 Å². The van der Waals surface area contributed by atoms with Crippen molar-refractivity contribution in [2.45, 2.75) is 20.8 Å². The molecule has 5 nitrogen and oxygen atoms in total. The molecular formula is C13H15N3O2. The molecule has 0 saturated carbocycles. The summed E-state index contributed by atoms with van der Waals surface area (Å²) < 4.78 is 4.95. The number of esters is 1. The van der Waals surface area contributed by atoms with Gasteiger partial charge in [0.25, 0.3) is 0 Å². The molecule has 0 spiro atoms. The number of rotatable bonds is 3. The molecule has 5 heteroatoms. The number of carbonyl (C=O) groups is 1. The summed E-state index contributed by atoms with van der Waals surface area (Å²) in [6.07, 6.45) is 0. The van der Waals surface area contributed by atoms with Crippen LogP contribution in [0.15, 0.2) is 18.2 Å². The zero-order chi connectivity index (χ0) is 13.1. The molecule has 1 heterocycles. The van der Waals surface area contributed by atoms with Gasteiger partial charge in [-0.2, -0.15) is 10.3 Å². The van der Waals surface area contributed by atoms with E-state index in [1.54, 1.807) is 6.92 Å². The predicted octanol–water partition coefficient (Wildman–Crippen LogP) is 2.27. The Morgan fingerprint density at radius 1 is 1.22 bits per heavy atom. The summed E-state index contributed by atoms with van der Waals surface area (Å²) in [5.41, 5.74) is 3.84. The lowest BCUT2D eigenvalue weighted by molar-refractivity contribution is 0.0520. The lowest BCUT2D eigenvalue weighted by atomic mass is 10.0. The normalized spacial score (nSPS) is 10.4. The Kier molecular flexibility index (Phi) is 3.41. The molecule has 1 N–H and O–H groups in total. The summed E-state index contributed by atoms with van der Waals surface area (Å²) >= 11 is 0. The van der Waals surface area contributed by atoms with Crippen LogP contribution in [0.2, 0.25) is 0 Å². The first-order chi connectivity index (χ1) is 8.61. The fraction of sp³-hybridized carbons (Fsp3) is 0.308. The zero-order valence-electron chi connectivity index (χ0n) is 10.7. The van der Waals surface area contributed by atoms with E-state index in [0.29, 0.717) is 12.3 Å². The third kappa shape index (κ3) is 2.40. The van der Waals surface area contributed by atoms with Crippen LogP contribution in [0.1, 0.15) is 28.5 Å². The molecule has 2 aromatic rings. The zero-order valence-corrected chi connectivity index (χ0v) is 10.7. The number of H-pyrrole nitrogens is 1. The van der Waals surface area contributed by atoms with Crippen molar-refractivity contribution < 1.29 is 9.53 Å². The van der Waals surface area contributed by atoms with Crippen molar-refractivity contribution in [2.75, 3.05) is 6.61 Å². The molecule has 0 atom stereocenters. The largest absolute Gasteiger partial charge is 0.461 e. The number of ether oxygens (including phenoxy) is 1. The smallest absolute Gasteiger partial charge is 0.361 e. The maximum absolute atomic E-state index is 11.7. The highest BCUT2D eigenvalue weighted by atomic mass is 16.5. The van der Waals surface area contributed by atoms with Crippen molar-refractivity contribution in [3.63, 3.8) is 0 Å². The van der Waals surface area contributed by atoms with E-state index in [9.17, 15) is 4.79 Å². The number of nitrogens with one attached hydrogen (secondary N) is 1.